The molecule has 3 heterocycles. The van der Waals surface area contributed by atoms with Crippen LogP contribution in [0.2, 0.25) is 0 Å². The first kappa shape index (κ1) is 21.0. The molecule has 1 atom stereocenters. The Balaban J connectivity index is 1.48. The van der Waals surface area contributed by atoms with Crippen LogP contribution in [0.3, 0.4) is 0 Å². The first-order valence-electron chi connectivity index (χ1n) is 9.69. The van der Waals surface area contributed by atoms with Crippen molar-refractivity contribution in [2.45, 2.75) is 19.4 Å². The molecule has 11 heteroatoms. The summed E-state index contributed by atoms with van der Waals surface area (Å²) in [4.78, 5) is 52.2. The molecule has 0 aliphatic carbocycles. The number of nitrogens with one attached hydrogen (secondary N) is 1. The lowest BCUT2D eigenvalue weighted by Gasteiger charge is -2.23. The molecular weight excluding hydrogens is 426 g/mol. The van der Waals surface area contributed by atoms with E-state index in [1.165, 1.54) is 22.7 Å². The van der Waals surface area contributed by atoms with E-state index in [1.807, 2.05) is 0 Å². The highest BCUT2D eigenvalue weighted by molar-refractivity contribution is 8.04. The Morgan fingerprint density at radius 3 is 2.74 bits per heavy atom. The van der Waals surface area contributed by atoms with Crippen molar-refractivity contribution in [2.24, 2.45) is 0 Å². The highest BCUT2D eigenvalue weighted by Crippen LogP contribution is 2.38. The zero-order valence-corrected chi connectivity index (χ0v) is 17.8. The third-order valence-corrected chi connectivity index (χ3v) is 6.24. The van der Waals surface area contributed by atoms with Gasteiger partial charge in [0, 0.05) is 13.1 Å². The Morgan fingerprint density at radius 1 is 1.23 bits per heavy atom. The Labute approximate surface area is 182 Å². The number of esters is 1. The number of amides is 4. The molecule has 2 fully saturated rings. The van der Waals surface area contributed by atoms with Gasteiger partial charge in [0.15, 0.2) is 11.5 Å². The van der Waals surface area contributed by atoms with Gasteiger partial charge in [-0.25, -0.2) is 9.59 Å². The highest BCUT2D eigenvalue weighted by Gasteiger charge is 2.49. The van der Waals surface area contributed by atoms with Gasteiger partial charge in [0.05, 0.1) is 23.5 Å². The smallest absolute Gasteiger partial charge is 0.333 e. The fourth-order valence-electron chi connectivity index (χ4n) is 3.56. The maximum atomic E-state index is 13.1. The summed E-state index contributed by atoms with van der Waals surface area (Å²) in [5.74, 6) is 0.0766. The van der Waals surface area contributed by atoms with Crippen LogP contribution in [0.4, 0.5) is 4.79 Å². The highest BCUT2D eigenvalue weighted by atomic mass is 32.2. The summed E-state index contributed by atoms with van der Waals surface area (Å²) >= 11 is 1.21. The Morgan fingerprint density at radius 2 is 1.97 bits per heavy atom. The minimum atomic E-state index is -1.27. The van der Waals surface area contributed by atoms with Gasteiger partial charge in [0.25, 0.3) is 5.91 Å². The van der Waals surface area contributed by atoms with E-state index in [0.29, 0.717) is 22.1 Å². The molecule has 1 aromatic rings. The first-order valence-corrected chi connectivity index (χ1v) is 10.7. The van der Waals surface area contributed by atoms with E-state index in [4.69, 9.17) is 14.2 Å². The molecule has 1 unspecified atom stereocenters. The second-order valence-corrected chi connectivity index (χ2v) is 8.14. The van der Waals surface area contributed by atoms with Crippen molar-refractivity contribution < 1.29 is 33.4 Å². The summed E-state index contributed by atoms with van der Waals surface area (Å²) < 4.78 is 15.6. The number of hydrogen-bond acceptors (Lipinski definition) is 8. The molecule has 31 heavy (non-hydrogen) atoms. The van der Waals surface area contributed by atoms with Crippen LogP contribution in [0.25, 0.3) is 0 Å². The maximum Gasteiger partial charge on any atom is 0.333 e. The number of carbonyl (C=O) groups excluding carboxylic acids is 4. The number of imide groups is 1. The molecule has 4 amide bonds. The summed E-state index contributed by atoms with van der Waals surface area (Å²) in [5, 5.41) is 3.17. The molecule has 0 saturated carbocycles. The fourth-order valence-corrected chi connectivity index (χ4v) is 4.51. The number of nitrogens with zero attached hydrogens (tertiary/aromatic N) is 2. The van der Waals surface area contributed by atoms with Crippen molar-refractivity contribution in [3.05, 3.63) is 34.9 Å². The largest absolute Gasteiger partial charge is 0.463 e. The van der Waals surface area contributed by atoms with Crippen molar-refractivity contribution in [3.63, 3.8) is 0 Å². The van der Waals surface area contributed by atoms with Gasteiger partial charge in [0.2, 0.25) is 12.7 Å². The zero-order chi connectivity index (χ0) is 22.2. The Bertz CT molecular complexity index is 995. The van der Waals surface area contributed by atoms with Gasteiger partial charge in [-0.15, -0.1) is 0 Å². The van der Waals surface area contributed by atoms with Crippen molar-refractivity contribution >= 4 is 35.6 Å². The van der Waals surface area contributed by atoms with Crippen LogP contribution < -0.4 is 14.8 Å². The number of benzene rings is 1. The maximum absolute atomic E-state index is 13.1. The van der Waals surface area contributed by atoms with Crippen LogP contribution in [0.5, 0.6) is 11.5 Å². The number of fused-ring (bicyclic) bond motifs is 1. The SMILES string of the molecule is CCOC(=O)/C=C1\SCC(=O)N1CCN1C(=O)NC(C)(c2ccc3c(c2)OCO3)C1=O. The molecule has 1 N–H and O–H groups in total. The van der Waals surface area contributed by atoms with Gasteiger partial charge in [-0.05, 0) is 31.5 Å². The second-order valence-electron chi connectivity index (χ2n) is 7.15. The standard InChI is InChI=1S/C20H21N3O7S/c1-3-28-17(25)9-16-22(15(24)10-31-16)6-7-23-18(26)20(2,21-19(23)27)12-4-5-13-14(8-12)30-11-29-13/h4-5,8-9H,3,6-7,10-11H2,1-2H3,(H,21,27)/b16-9-. The monoisotopic (exact) mass is 447 g/mol. The second kappa shape index (κ2) is 8.14. The number of urea groups is 1. The van der Waals surface area contributed by atoms with Crippen molar-refractivity contribution in [2.75, 3.05) is 32.2 Å². The topological polar surface area (TPSA) is 114 Å². The number of thioether (sulfide) groups is 1. The average Bonchev–Trinajstić information content (AvgIpc) is 3.39. The van der Waals surface area contributed by atoms with Crippen molar-refractivity contribution in [3.8, 4) is 11.5 Å². The number of carbonyl (C=O) groups is 4. The molecule has 3 aliphatic rings. The van der Waals surface area contributed by atoms with E-state index in [-0.39, 0.29) is 38.1 Å². The van der Waals surface area contributed by atoms with Gasteiger partial charge in [-0.3, -0.25) is 14.5 Å². The van der Waals surface area contributed by atoms with Crippen LogP contribution in [0.15, 0.2) is 29.3 Å². The van der Waals surface area contributed by atoms with E-state index in [2.05, 4.69) is 5.32 Å². The average molecular weight is 447 g/mol. The lowest BCUT2D eigenvalue weighted by molar-refractivity contribution is -0.137. The Hall–Kier alpha value is -3.21. The third-order valence-electron chi connectivity index (χ3n) is 5.21. The molecular formula is C20H21N3O7S. The van der Waals surface area contributed by atoms with E-state index < -0.39 is 23.4 Å². The molecule has 2 saturated heterocycles. The molecule has 1 aromatic carbocycles. The van der Waals surface area contributed by atoms with Crippen LogP contribution >= 0.6 is 11.8 Å². The zero-order valence-electron chi connectivity index (χ0n) is 17.0. The molecule has 0 spiro atoms. The summed E-state index contributed by atoms with van der Waals surface area (Å²) in [5.41, 5.74) is -0.709. The lowest BCUT2D eigenvalue weighted by Crippen LogP contribution is -2.42. The van der Waals surface area contributed by atoms with Gasteiger partial charge < -0.3 is 24.4 Å². The molecule has 10 nitrogen and oxygen atoms in total. The van der Waals surface area contributed by atoms with Gasteiger partial charge in [0.1, 0.15) is 5.54 Å². The third kappa shape index (κ3) is 3.80. The fraction of sp³-hybridized carbons (Fsp3) is 0.400. The van der Waals surface area contributed by atoms with Gasteiger partial charge in [-0.2, -0.15) is 0 Å². The predicted molar refractivity (Wildman–Crippen MR) is 109 cm³/mol. The number of rotatable bonds is 6. The molecule has 0 aromatic heterocycles. The van der Waals surface area contributed by atoms with E-state index >= 15 is 0 Å². The van der Waals surface area contributed by atoms with Gasteiger partial charge >= 0.3 is 12.0 Å². The molecule has 0 radical (unpaired) electrons. The van der Waals surface area contributed by atoms with Crippen LogP contribution in [-0.2, 0) is 24.7 Å². The normalized spacial score (nSPS) is 23.7. The van der Waals surface area contributed by atoms with E-state index in [0.717, 1.165) is 4.90 Å². The predicted octanol–water partition coefficient (Wildman–Crippen LogP) is 1.16. The van der Waals surface area contributed by atoms with E-state index in [9.17, 15) is 19.2 Å². The van der Waals surface area contributed by atoms with Gasteiger partial charge in [-0.1, -0.05) is 17.8 Å². The molecule has 164 valence electrons. The summed E-state index contributed by atoms with van der Waals surface area (Å²) in [6.07, 6.45) is 1.25. The quantitative estimate of drug-likeness (QED) is 0.393. The summed E-state index contributed by atoms with van der Waals surface area (Å²) in [6.45, 7) is 3.70. The van der Waals surface area contributed by atoms with Crippen LogP contribution in [0, 0.1) is 0 Å². The number of ether oxygens (including phenoxy) is 3. The number of hydrogen-bond donors (Lipinski definition) is 1. The van der Waals surface area contributed by atoms with Crippen LogP contribution in [0.1, 0.15) is 19.4 Å². The minimum absolute atomic E-state index is 0.0166. The summed E-state index contributed by atoms with van der Waals surface area (Å²) in [7, 11) is 0. The Kier molecular flexibility index (Phi) is 5.52. The molecule has 4 rings (SSSR count). The van der Waals surface area contributed by atoms with Crippen molar-refractivity contribution in [1.29, 1.82) is 0 Å². The minimum Gasteiger partial charge on any atom is -0.463 e. The van der Waals surface area contributed by atoms with Crippen molar-refractivity contribution in [1.82, 2.24) is 15.1 Å². The molecule has 3 aliphatic heterocycles. The molecule has 0 bridgehead atoms. The van der Waals surface area contributed by atoms with E-state index in [1.54, 1.807) is 32.0 Å². The first-order chi connectivity index (χ1) is 14.8. The summed E-state index contributed by atoms with van der Waals surface area (Å²) in [6, 6.07) is 4.51. The van der Waals surface area contributed by atoms with Crippen LogP contribution in [-0.4, -0.2) is 65.9 Å². The lowest BCUT2D eigenvalue weighted by atomic mass is 9.91.